The number of hydrogen-bond donors (Lipinski definition) is 1. The molecule has 0 spiro atoms. The standard InChI is InChI=1S/C16H11NO4/c18-15-3-1-2-13-14(15)9-11(16(13)19)8-10-4-6-12(7-5-10)17(20)21/h1-8,18H,9H2/b11-8-. The lowest BCUT2D eigenvalue weighted by molar-refractivity contribution is -0.384. The first-order chi connectivity index (χ1) is 10.1. The van der Waals surface area contributed by atoms with Crippen molar-refractivity contribution in [1.29, 1.82) is 0 Å². The first kappa shape index (κ1) is 13.1. The summed E-state index contributed by atoms with van der Waals surface area (Å²) in [5.74, 6) is 0.00667. The number of carbonyl (C=O) groups is 1. The van der Waals surface area contributed by atoms with E-state index in [4.69, 9.17) is 0 Å². The minimum absolute atomic E-state index is 0.0100. The molecule has 0 saturated carbocycles. The molecule has 2 aromatic rings. The zero-order chi connectivity index (χ0) is 15.0. The van der Waals surface area contributed by atoms with Crippen LogP contribution in [0.15, 0.2) is 48.0 Å². The van der Waals surface area contributed by atoms with Gasteiger partial charge in [0.25, 0.3) is 5.69 Å². The summed E-state index contributed by atoms with van der Waals surface area (Å²) >= 11 is 0. The van der Waals surface area contributed by atoms with Crippen LogP contribution in [0.5, 0.6) is 5.75 Å². The van der Waals surface area contributed by atoms with Gasteiger partial charge < -0.3 is 5.11 Å². The quantitative estimate of drug-likeness (QED) is 0.521. The van der Waals surface area contributed by atoms with E-state index in [9.17, 15) is 20.0 Å². The number of rotatable bonds is 2. The van der Waals surface area contributed by atoms with E-state index in [1.807, 2.05) is 0 Å². The minimum atomic E-state index is -0.467. The molecule has 0 aliphatic heterocycles. The van der Waals surface area contributed by atoms with E-state index in [0.717, 1.165) is 5.56 Å². The number of fused-ring (bicyclic) bond motifs is 1. The van der Waals surface area contributed by atoms with E-state index >= 15 is 0 Å². The number of nitro groups is 1. The Morgan fingerprint density at radius 3 is 2.48 bits per heavy atom. The Kier molecular flexibility index (Phi) is 3.02. The number of aromatic hydroxyl groups is 1. The normalized spacial score (nSPS) is 15.2. The summed E-state index contributed by atoms with van der Waals surface area (Å²) in [7, 11) is 0. The molecule has 5 nitrogen and oxygen atoms in total. The van der Waals surface area contributed by atoms with Crippen LogP contribution in [0.3, 0.4) is 0 Å². The predicted molar refractivity (Wildman–Crippen MR) is 77.2 cm³/mol. The molecule has 1 N–H and O–H groups in total. The molecule has 0 aromatic heterocycles. The number of nitrogens with zero attached hydrogens (tertiary/aromatic N) is 1. The van der Waals surface area contributed by atoms with Gasteiger partial charge >= 0.3 is 0 Å². The van der Waals surface area contributed by atoms with Gasteiger partial charge in [0.15, 0.2) is 5.78 Å². The van der Waals surface area contributed by atoms with Crippen molar-refractivity contribution in [2.45, 2.75) is 6.42 Å². The SMILES string of the molecule is O=C1/C(=C\c2ccc([N+](=O)[O-])cc2)Cc2c(O)cccc21. The lowest BCUT2D eigenvalue weighted by Crippen LogP contribution is -1.95. The summed E-state index contributed by atoms with van der Waals surface area (Å²) in [4.78, 5) is 22.4. The monoisotopic (exact) mass is 281 g/mol. The van der Waals surface area contributed by atoms with Crippen molar-refractivity contribution in [3.8, 4) is 5.75 Å². The second-order valence-electron chi connectivity index (χ2n) is 4.83. The molecule has 0 saturated heterocycles. The van der Waals surface area contributed by atoms with Crippen molar-refractivity contribution < 1.29 is 14.8 Å². The third-order valence-electron chi connectivity index (χ3n) is 3.50. The third-order valence-corrected chi connectivity index (χ3v) is 3.50. The lowest BCUT2D eigenvalue weighted by Gasteiger charge is -1.98. The number of nitro benzene ring substituents is 1. The summed E-state index contributed by atoms with van der Waals surface area (Å²) in [5.41, 5.74) is 2.45. The Labute approximate surface area is 120 Å². The maximum atomic E-state index is 12.2. The number of benzene rings is 2. The summed E-state index contributed by atoms with van der Waals surface area (Å²) in [6, 6.07) is 10.9. The number of hydrogen-bond acceptors (Lipinski definition) is 4. The molecule has 0 amide bonds. The fourth-order valence-electron chi connectivity index (χ4n) is 2.43. The highest BCUT2D eigenvalue weighted by Crippen LogP contribution is 2.33. The molecule has 0 bridgehead atoms. The van der Waals surface area contributed by atoms with Gasteiger partial charge in [0.2, 0.25) is 0 Å². The van der Waals surface area contributed by atoms with Gasteiger partial charge in [0.1, 0.15) is 5.75 Å². The highest BCUT2D eigenvalue weighted by molar-refractivity contribution is 6.16. The molecule has 0 unspecified atom stereocenters. The number of ketones is 1. The van der Waals surface area contributed by atoms with Gasteiger partial charge in [0, 0.05) is 35.3 Å². The lowest BCUT2D eigenvalue weighted by atomic mass is 10.1. The van der Waals surface area contributed by atoms with Crippen LogP contribution in [-0.4, -0.2) is 15.8 Å². The molecule has 3 rings (SSSR count). The van der Waals surface area contributed by atoms with Gasteiger partial charge in [-0.15, -0.1) is 0 Å². The van der Waals surface area contributed by atoms with Crippen molar-refractivity contribution >= 4 is 17.5 Å². The number of Topliss-reactive ketones (excluding diaryl/α,β-unsaturated/α-hetero) is 1. The van der Waals surface area contributed by atoms with E-state index in [1.54, 1.807) is 36.4 Å². The molecular weight excluding hydrogens is 270 g/mol. The van der Waals surface area contributed by atoms with Crippen LogP contribution >= 0.6 is 0 Å². The van der Waals surface area contributed by atoms with E-state index in [1.165, 1.54) is 12.1 Å². The number of allylic oxidation sites excluding steroid dienone is 1. The van der Waals surface area contributed by atoms with Crippen LogP contribution in [-0.2, 0) is 6.42 Å². The summed E-state index contributed by atoms with van der Waals surface area (Å²) in [6.45, 7) is 0. The predicted octanol–water partition coefficient (Wildman–Crippen LogP) is 3.12. The van der Waals surface area contributed by atoms with Crippen LogP contribution in [0.2, 0.25) is 0 Å². The van der Waals surface area contributed by atoms with E-state index in [-0.39, 0.29) is 17.2 Å². The van der Waals surface area contributed by atoms with Gasteiger partial charge in [-0.25, -0.2) is 0 Å². The summed E-state index contributed by atoms with van der Waals surface area (Å²) in [5, 5.41) is 20.4. The number of phenols is 1. The molecule has 104 valence electrons. The van der Waals surface area contributed by atoms with E-state index < -0.39 is 4.92 Å². The van der Waals surface area contributed by atoms with Crippen molar-refractivity contribution in [2.75, 3.05) is 0 Å². The average molecular weight is 281 g/mol. The zero-order valence-electron chi connectivity index (χ0n) is 10.9. The Bertz CT molecular complexity index is 775. The zero-order valence-corrected chi connectivity index (χ0v) is 10.9. The highest BCUT2D eigenvalue weighted by atomic mass is 16.6. The highest BCUT2D eigenvalue weighted by Gasteiger charge is 2.26. The van der Waals surface area contributed by atoms with Crippen LogP contribution in [0.1, 0.15) is 21.5 Å². The van der Waals surface area contributed by atoms with Crippen molar-refractivity contribution in [3.63, 3.8) is 0 Å². The topological polar surface area (TPSA) is 80.4 Å². The maximum Gasteiger partial charge on any atom is 0.269 e. The molecule has 5 heteroatoms. The molecule has 0 radical (unpaired) electrons. The Balaban J connectivity index is 1.94. The molecule has 21 heavy (non-hydrogen) atoms. The van der Waals surface area contributed by atoms with Gasteiger partial charge in [-0.1, -0.05) is 12.1 Å². The molecule has 1 aliphatic rings. The molecule has 0 heterocycles. The fourth-order valence-corrected chi connectivity index (χ4v) is 2.43. The van der Waals surface area contributed by atoms with Crippen LogP contribution in [0, 0.1) is 10.1 Å². The maximum absolute atomic E-state index is 12.2. The van der Waals surface area contributed by atoms with Crippen molar-refractivity contribution in [2.24, 2.45) is 0 Å². The van der Waals surface area contributed by atoms with E-state index in [2.05, 4.69) is 0 Å². The fraction of sp³-hybridized carbons (Fsp3) is 0.0625. The van der Waals surface area contributed by atoms with Crippen molar-refractivity contribution in [3.05, 3.63) is 74.8 Å². The largest absolute Gasteiger partial charge is 0.508 e. The first-order valence-corrected chi connectivity index (χ1v) is 6.37. The Morgan fingerprint density at radius 1 is 1.14 bits per heavy atom. The average Bonchev–Trinajstić information content (AvgIpc) is 2.78. The molecular formula is C16H11NO4. The third kappa shape index (κ3) is 2.29. The smallest absolute Gasteiger partial charge is 0.269 e. The number of non-ortho nitro benzene ring substituents is 1. The molecule has 0 fully saturated rings. The summed E-state index contributed by atoms with van der Waals surface area (Å²) in [6.07, 6.45) is 2.07. The number of carbonyl (C=O) groups excluding carboxylic acids is 1. The van der Waals surface area contributed by atoms with Gasteiger partial charge in [0.05, 0.1) is 4.92 Å². The van der Waals surface area contributed by atoms with Crippen molar-refractivity contribution in [1.82, 2.24) is 0 Å². The second-order valence-corrected chi connectivity index (χ2v) is 4.83. The second kappa shape index (κ2) is 4.86. The van der Waals surface area contributed by atoms with Crippen LogP contribution in [0.25, 0.3) is 6.08 Å². The Morgan fingerprint density at radius 2 is 1.86 bits per heavy atom. The Hall–Kier alpha value is -2.95. The first-order valence-electron chi connectivity index (χ1n) is 6.37. The van der Waals surface area contributed by atoms with Crippen LogP contribution < -0.4 is 0 Å². The van der Waals surface area contributed by atoms with Gasteiger partial charge in [-0.3, -0.25) is 14.9 Å². The van der Waals surface area contributed by atoms with E-state index in [0.29, 0.717) is 23.1 Å². The minimum Gasteiger partial charge on any atom is -0.508 e. The van der Waals surface area contributed by atoms with Gasteiger partial charge in [-0.05, 0) is 29.8 Å². The number of phenolic OH excluding ortho intramolecular Hbond substituents is 1. The molecule has 1 aliphatic carbocycles. The molecule has 0 atom stereocenters. The molecule has 2 aromatic carbocycles. The van der Waals surface area contributed by atoms with Gasteiger partial charge in [-0.2, -0.15) is 0 Å². The summed E-state index contributed by atoms with van der Waals surface area (Å²) < 4.78 is 0. The van der Waals surface area contributed by atoms with Crippen LogP contribution in [0.4, 0.5) is 5.69 Å².